The van der Waals surface area contributed by atoms with Gasteiger partial charge in [0.25, 0.3) is 6.29 Å². The smallest absolute Gasteiger partial charge is 0.254 e. The molecular formula is C12H10NOS. The van der Waals surface area contributed by atoms with Crippen molar-refractivity contribution in [2.75, 3.05) is 5.75 Å². The number of benzene rings is 1. The zero-order valence-corrected chi connectivity index (χ0v) is 9.17. The van der Waals surface area contributed by atoms with Crippen LogP contribution in [0.15, 0.2) is 35.2 Å². The molecule has 0 spiro atoms. The van der Waals surface area contributed by atoms with Crippen LogP contribution in [-0.4, -0.2) is 17.0 Å². The van der Waals surface area contributed by atoms with Crippen molar-refractivity contribution >= 4 is 29.0 Å². The fourth-order valence-electron chi connectivity index (χ4n) is 1.44. The molecule has 1 heterocycles. The third kappa shape index (κ3) is 2.02. The van der Waals surface area contributed by atoms with Crippen molar-refractivity contribution in [2.24, 2.45) is 0 Å². The van der Waals surface area contributed by atoms with Crippen molar-refractivity contribution in [2.45, 2.75) is 11.8 Å². The van der Waals surface area contributed by atoms with Crippen molar-refractivity contribution in [1.82, 2.24) is 4.98 Å². The Balaban J connectivity index is 2.63. The Morgan fingerprint density at radius 3 is 2.93 bits per heavy atom. The molecular weight excluding hydrogens is 206 g/mol. The molecule has 0 unspecified atom stereocenters. The maximum absolute atomic E-state index is 10.7. The summed E-state index contributed by atoms with van der Waals surface area (Å²) in [4.78, 5) is 15.9. The van der Waals surface area contributed by atoms with Gasteiger partial charge in [0.15, 0.2) is 0 Å². The van der Waals surface area contributed by atoms with Gasteiger partial charge in [-0.15, -0.1) is 11.8 Å². The van der Waals surface area contributed by atoms with Crippen LogP contribution in [0, 0.1) is 0 Å². The van der Waals surface area contributed by atoms with Gasteiger partial charge in [-0.2, -0.15) is 0 Å². The van der Waals surface area contributed by atoms with E-state index in [2.05, 4.69) is 11.9 Å². The van der Waals surface area contributed by atoms with Crippen LogP contribution < -0.4 is 0 Å². The van der Waals surface area contributed by atoms with Crippen molar-refractivity contribution in [1.29, 1.82) is 0 Å². The van der Waals surface area contributed by atoms with Crippen molar-refractivity contribution in [3.8, 4) is 0 Å². The first kappa shape index (κ1) is 10.2. The van der Waals surface area contributed by atoms with E-state index in [0.717, 1.165) is 21.6 Å². The van der Waals surface area contributed by atoms with Crippen molar-refractivity contribution in [3.63, 3.8) is 0 Å². The van der Waals surface area contributed by atoms with Gasteiger partial charge in [0.2, 0.25) is 0 Å². The quantitative estimate of drug-likeness (QED) is 0.739. The fraction of sp³-hybridized carbons (Fsp3) is 0.167. The Kier molecular flexibility index (Phi) is 3.02. The zero-order valence-electron chi connectivity index (χ0n) is 8.36. The maximum atomic E-state index is 10.7. The second kappa shape index (κ2) is 4.45. The monoisotopic (exact) mass is 216 g/mol. The highest BCUT2D eigenvalue weighted by Crippen LogP contribution is 2.24. The molecule has 75 valence electrons. The van der Waals surface area contributed by atoms with E-state index in [1.165, 1.54) is 0 Å². The summed E-state index contributed by atoms with van der Waals surface area (Å²) in [5.41, 5.74) is 1.26. The molecule has 0 bridgehead atoms. The molecule has 0 atom stereocenters. The summed E-state index contributed by atoms with van der Waals surface area (Å²) in [6.07, 6.45) is 1.89. The second-order valence-electron chi connectivity index (χ2n) is 3.06. The van der Waals surface area contributed by atoms with E-state index >= 15 is 0 Å². The molecule has 1 aromatic carbocycles. The van der Waals surface area contributed by atoms with Crippen LogP contribution in [0.4, 0.5) is 0 Å². The van der Waals surface area contributed by atoms with E-state index in [1.807, 2.05) is 36.6 Å². The molecule has 3 heteroatoms. The van der Waals surface area contributed by atoms with E-state index in [1.54, 1.807) is 11.8 Å². The number of nitrogens with zero attached hydrogens (tertiary/aromatic N) is 1. The molecule has 0 saturated carbocycles. The van der Waals surface area contributed by atoms with E-state index in [4.69, 9.17) is 0 Å². The standard InChI is InChI=1S/C12H10NOS/c1-2-15-12-7-9-5-3-4-6-10(9)13-11(12)8-14/h3-7H,2H2,1H3. The molecule has 0 aliphatic rings. The summed E-state index contributed by atoms with van der Waals surface area (Å²) in [6.45, 7) is 2.05. The number of para-hydroxylation sites is 1. The summed E-state index contributed by atoms with van der Waals surface area (Å²) < 4.78 is 0. The number of fused-ring (bicyclic) bond motifs is 1. The van der Waals surface area contributed by atoms with Gasteiger partial charge < -0.3 is 0 Å². The van der Waals surface area contributed by atoms with Crippen LogP contribution in [0.5, 0.6) is 0 Å². The fourth-order valence-corrected chi connectivity index (χ4v) is 2.18. The summed E-state index contributed by atoms with van der Waals surface area (Å²) in [7, 11) is 0. The van der Waals surface area contributed by atoms with Gasteiger partial charge >= 0.3 is 0 Å². The Bertz CT molecular complexity index is 496. The number of pyridine rings is 1. The first-order valence-electron chi connectivity index (χ1n) is 4.76. The normalized spacial score (nSPS) is 10.5. The third-order valence-corrected chi connectivity index (χ3v) is 3.00. The maximum Gasteiger partial charge on any atom is 0.254 e. The van der Waals surface area contributed by atoms with Crippen molar-refractivity contribution in [3.05, 3.63) is 36.0 Å². The second-order valence-corrected chi connectivity index (χ2v) is 4.37. The van der Waals surface area contributed by atoms with Crippen LogP contribution in [0.3, 0.4) is 0 Å². The molecule has 0 aliphatic heterocycles. The van der Waals surface area contributed by atoms with Gasteiger partial charge in [-0.25, -0.2) is 4.98 Å². The van der Waals surface area contributed by atoms with E-state index < -0.39 is 0 Å². The Hall–Kier alpha value is -1.35. The molecule has 0 amide bonds. The number of hydrogen-bond donors (Lipinski definition) is 0. The lowest BCUT2D eigenvalue weighted by molar-refractivity contribution is 0.561. The molecule has 0 aliphatic carbocycles. The van der Waals surface area contributed by atoms with Crippen LogP contribution >= 0.6 is 11.8 Å². The minimum absolute atomic E-state index is 0.417. The molecule has 2 nitrogen and oxygen atoms in total. The van der Waals surface area contributed by atoms with Crippen LogP contribution in [0.1, 0.15) is 12.6 Å². The van der Waals surface area contributed by atoms with Gasteiger partial charge in [0, 0.05) is 10.3 Å². The Morgan fingerprint density at radius 1 is 1.40 bits per heavy atom. The molecule has 2 aromatic rings. The van der Waals surface area contributed by atoms with Gasteiger partial charge in [-0.05, 0) is 17.9 Å². The number of hydrogen-bond acceptors (Lipinski definition) is 3. The summed E-state index contributed by atoms with van der Waals surface area (Å²) in [5.74, 6) is 0.925. The summed E-state index contributed by atoms with van der Waals surface area (Å²) in [5, 5.41) is 1.06. The van der Waals surface area contributed by atoms with Gasteiger partial charge in [0.1, 0.15) is 5.69 Å². The van der Waals surface area contributed by atoms with Crippen LogP contribution in [-0.2, 0) is 4.79 Å². The largest absolute Gasteiger partial charge is 0.283 e. The molecule has 1 radical (unpaired) electrons. The molecule has 0 saturated heterocycles. The first-order chi connectivity index (χ1) is 7.35. The molecule has 0 fully saturated rings. The lowest BCUT2D eigenvalue weighted by Crippen LogP contribution is -1.92. The molecule has 2 rings (SSSR count). The topological polar surface area (TPSA) is 30.0 Å². The number of rotatable bonds is 3. The first-order valence-corrected chi connectivity index (χ1v) is 5.74. The molecule has 0 N–H and O–H groups in total. The lowest BCUT2D eigenvalue weighted by Gasteiger charge is -2.03. The van der Waals surface area contributed by atoms with E-state index in [-0.39, 0.29) is 0 Å². The Morgan fingerprint density at radius 2 is 2.20 bits per heavy atom. The van der Waals surface area contributed by atoms with Gasteiger partial charge in [-0.3, -0.25) is 4.79 Å². The highest BCUT2D eigenvalue weighted by Gasteiger charge is 2.06. The molecule has 15 heavy (non-hydrogen) atoms. The average molecular weight is 216 g/mol. The minimum atomic E-state index is 0.417. The average Bonchev–Trinajstić information content (AvgIpc) is 2.28. The van der Waals surface area contributed by atoms with Gasteiger partial charge in [-0.1, -0.05) is 25.1 Å². The summed E-state index contributed by atoms with van der Waals surface area (Å²) in [6, 6.07) is 9.77. The lowest BCUT2D eigenvalue weighted by atomic mass is 10.2. The van der Waals surface area contributed by atoms with Crippen LogP contribution in [0.25, 0.3) is 10.9 Å². The predicted octanol–water partition coefficient (Wildman–Crippen LogP) is 2.80. The Labute approximate surface area is 92.7 Å². The van der Waals surface area contributed by atoms with Crippen LogP contribution in [0.2, 0.25) is 0 Å². The molecule has 1 aromatic heterocycles. The highest BCUT2D eigenvalue weighted by atomic mass is 32.2. The predicted molar refractivity (Wildman–Crippen MR) is 62.9 cm³/mol. The zero-order chi connectivity index (χ0) is 10.7. The third-order valence-electron chi connectivity index (χ3n) is 2.09. The SMILES string of the molecule is CCSc1cc2ccccc2nc1[C]=O. The van der Waals surface area contributed by atoms with E-state index in [9.17, 15) is 4.79 Å². The number of aromatic nitrogens is 1. The number of carbonyl (C=O) groups excluding carboxylic acids is 1. The minimum Gasteiger partial charge on any atom is -0.283 e. The van der Waals surface area contributed by atoms with Crippen molar-refractivity contribution < 1.29 is 4.79 Å². The highest BCUT2D eigenvalue weighted by molar-refractivity contribution is 7.99. The summed E-state index contributed by atoms with van der Waals surface area (Å²) >= 11 is 1.62. The van der Waals surface area contributed by atoms with Gasteiger partial charge in [0.05, 0.1) is 5.52 Å². The van der Waals surface area contributed by atoms with E-state index in [0.29, 0.717) is 5.69 Å². The number of thioether (sulfide) groups is 1.